The number of rotatable bonds is 1. The van der Waals surface area contributed by atoms with Crippen LogP contribution in [0.15, 0.2) is 30.5 Å². The topological polar surface area (TPSA) is 43.8 Å². The summed E-state index contributed by atoms with van der Waals surface area (Å²) in [5, 5.41) is 0. The molecule has 2 aromatic rings. The fraction of sp³-hybridized carbons (Fsp3) is 0.357. The number of aryl methyl sites for hydroxylation is 1. The molecule has 3 rings (SSSR count). The summed E-state index contributed by atoms with van der Waals surface area (Å²) in [7, 11) is 0. The molecular formula is C14H17N3. The Labute approximate surface area is 101 Å². The highest BCUT2D eigenvalue weighted by Crippen LogP contribution is 2.25. The average molecular weight is 227 g/mol. The summed E-state index contributed by atoms with van der Waals surface area (Å²) >= 11 is 0. The lowest BCUT2D eigenvalue weighted by Crippen LogP contribution is -2.16. The number of anilines is 1. The molecule has 1 aliphatic rings. The number of hydrogen-bond donors (Lipinski definition) is 1. The third-order valence-corrected chi connectivity index (χ3v) is 3.44. The second-order valence-corrected chi connectivity index (χ2v) is 4.96. The van der Waals surface area contributed by atoms with Crippen LogP contribution in [0.1, 0.15) is 19.2 Å². The van der Waals surface area contributed by atoms with Crippen molar-refractivity contribution in [1.29, 1.82) is 0 Å². The normalized spacial score (nSPS) is 19.0. The van der Waals surface area contributed by atoms with Gasteiger partial charge in [-0.2, -0.15) is 0 Å². The number of nitrogens with zero attached hydrogens (tertiary/aromatic N) is 2. The molecule has 1 aliphatic heterocycles. The van der Waals surface area contributed by atoms with Gasteiger partial charge in [0.2, 0.25) is 0 Å². The second kappa shape index (κ2) is 3.91. The minimum atomic E-state index is 0.749. The zero-order chi connectivity index (χ0) is 11.8. The van der Waals surface area contributed by atoms with Gasteiger partial charge in [0.1, 0.15) is 5.82 Å². The van der Waals surface area contributed by atoms with E-state index in [4.69, 9.17) is 10.7 Å². The molecule has 0 radical (unpaired) electrons. The van der Waals surface area contributed by atoms with Gasteiger partial charge in [0.15, 0.2) is 0 Å². The number of imidazole rings is 1. The van der Waals surface area contributed by atoms with Crippen LogP contribution in [-0.4, -0.2) is 9.55 Å². The van der Waals surface area contributed by atoms with Crippen molar-refractivity contribution >= 4 is 5.69 Å². The van der Waals surface area contributed by atoms with E-state index in [1.54, 1.807) is 0 Å². The van der Waals surface area contributed by atoms with Crippen molar-refractivity contribution in [2.24, 2.45) is 5.92 Å². The Morgan fingerprint density at radius 1 is 1.41 bits per heavy atom. The van der Waals surface area contributed by atoms with Crippen molar-refractivity contribution in [2.75, 3.05) is 5.73 Å². The minimum Gasteiger partial charge on any atom is -0.399 e. The maximum Gasteiger partial charge on any atom is 0.109 e. The molecule has 2 N–H and O–H groups in total. The summed E-state index contributed by atoms with van der Waals surface area (Å²) in [5.74, 6) is 1.96. The van der Waals surface area contributed by atoms with Crippen molar-refractivity contribution in [3.8, 4) is 11.3 Å². The van der Waals surface area contributed by atoms with Crippen LogP contribution in [0.2, 0.25) is 0 Å². The maximum absolute atomic E-state index is 5.81. The van der Waals surface area contributed by atoms with Gasteiger partial charge in [0.25, 0.3) is 0 Å². The first-order valence-corrected chi connectivity index (χ1v) is 6.14. The Hall–Kier alpha value is -1.77. The highest BCUT2D eigenvalue weighted by Gasteiger charge is 2.17. The molecule has 0 saturated heterocycles. The lowest BCUT2D eigenvalue weighted by molar-refractivity contribution is 0.409. The lowest BCUT2D eigenvalue weighted by atomic mass is 10.0. The van der Waals surface area contributed by atoms with E-state index in [0.717, 1.165) is 35.8 Å². The lowest BCUT2D eigenvalue weighted by Gasteiger charge is -2.18. The number of aromatic nitrogens is 2. The van der Waals surface area contributed by atoms with E-state index in [2.05, 4.69) is 23.8 Å². The number of hydrogen-bond acceptors (Lipinski definition) is 2. The first kappa shape index (κ1) is 10.4. The van der Waals surface area contributed by atoms with E-state index >= 15 is 0 Å². The fourth-order valence-corrected chi connectivity index (χ4v) is 2.42. The second-order valence-electron chi connectivity index (χ2n) is 4.96. The van der Waals surface area contributed by atoms with Crippen LogP contribution in [0.5, 0.6) is 0 Å². The van der Waals surface area contributed by atoms with E-state index in [0.29, 0.717) is 0 Å². The van der Waals surface area contributed by atoms with Crippen LogP contribution in [0.3, 0.4) is 0 Å². The van der Waals surface area contributed by atoms with Crippen LogP contribution in [0, 0.1) is 5.92 Å². The molecule has 3 nitrogen and oxygen atoms in total. The third-order valence-electron chi connectivity index (χ3n) is 3.44. The summed E-state index contributed by atoms with van der Waals surface area (Å²) in [6.07, 6.45) is 4.48. The monoisotopic (exact) mass is 227 g/mol. The summed E-state index contributed by atoms with van der Waals surface area (Å²) in [6, 6.07) is 7.93. The van der Waals surface area contributed by atoms with Crippen molar-refractivity contribution in [3.63, 3.8) is 0 Å². The van der Waals surface area contributed by atoms with Gasteiger partial charge in [-0.05, 0) is 24.5 Å². The van der Waals surface area contributed by atoms with Gasteiger partial charge in [-0.15, -0.1) is 0 Å². The SMILES string of the molecule is CC1CCn2cc(-c3cccc(N)c3)nc2C1. The molecule has 2 heterocycles. The van der Waals surface area contributed by atoms with Crippen LogP contribution in [0.25, 0.3) is 11.3 Å². The smallest absolute Gasteiger partial charge is 0.109 e. The standard InChI is InChI=1S/C14H17N3/c1-10-5-6-17-9-13(16-14(17)7-10)11-3-2-4-12(15)8-11/h2-4,8-10H,5-7,15H2,1H3. The zero-order valence-corrected chi connectivity index (χ0v) is 10.1. The highest BCUT2D eigenvalue weighted by atomic mass is 15.1. The molecule has 1 aromatic carbocycles. The number of benzene rings is 1. The van der Waals surface area contributed by atoms with E-state index in [1.165, 1.54) is 12.2 Å². The van der Waals surface area contributed by atoms with Gasteiger partial charge in [0.05, 0.1) is 5.69 Å². The summed E-state index contributed by atoms with van der Waals surface area (Å²) in [6.45, 7) is 3.38. The summed E-state index contributed by atoms with van der Waals surface area (Å²) < 4.78 is 2.28. The quantitative estimate of drug-likeness (QED) is 0.761. The zero-order valence-electron chi connectivity index (χ0n) is 10.1. The molecule has 0 spiro atoms. The van der Waals surface area contributed by atoms with Gasteiger partial charge >= 0.3 is 0 Å². The van der Waals surface area contributed by atoms with Crippen LogP contribution >= 0.6 is 0 Å². The Kier molecular flexibility index (Phi) is 2.39. The van der Waals surface area contributed by atoms with Crippen molar-refractivity contribution in [3.05, 3.63) is 36.3 Å². The van der Waals surface area contributed by atoms with E-state index in [-0.39, 0.29) is 0 Å². The van der Waals surface area contributed by atoms with Gasteiger partial charge in [-0.25, -0.2) is 4.98 Å². The summed E-state index contributed by atoms with van der Waals surface area (Å²) in [5.41, 5.74) is 8.75. The maximum atomic E-state index is 5.81. The molecule has 0 saturated carbocycles. The van der Waals surface area contributed by atoms with Gasteiger partial charge in [-0.3, -0.25) is 0 Å². The van der Waals surface area contributed by atoms with Crippen molar-refractivity contribution < 1.29 is 0 Å². The Bertz CT molecular complexity index is 542. The van der Waals surface area contributed by atoms with Crippen LogP contribution in [0.4, 0.5) is 5.69 Å². The molecule has 3 heteroatoms. The highest BCUT2D eigenvalue weighted by molar-refractivity contribution is 5.63. The number of fused-ring (bicyclic) bond motifs is 1. The van der Waals surface area contributed by atoms with Gasteiger partial charge in [0, 0.05) is 30.4 Å². The Balaban J connectivity index is 2.00. The fourth-order valence-electron chi connectivity index (χ4n) is 2.42. The average Bonchev–Trinajstić information content (AvgIpc) is 2.72. The van der Waals surface area contributed by atoms with Crippen LogP contribution < -0.4 is 5.73 Å². The molecule has 1 aromatic heterocycles. The van der Waals surface area contributed by atoms with E-state index in [1.807, 2.05) is 18.2 Å². The molecule has 0 aliphatic carbocycles. The molecule has 0 fully saturated rings. The third kappa shape index (κ3) is 1.93. The van der Waals surface area contributed by atoms with Crippen LogP contribution in [-0.2, 0) is 13.0 Å². The number of nitrogen functional groups attached to an aromatic ring is 1. The first-order valence-electron chi connectivity index (χ1n) is 6.14. The minimum absolute atomic E-state index is 0.749. The van der Waals surface area contributed by atoms with Crippen molar-refractivity contribution in [2.45, 2.75) is 26.3 Å². The Morgan fingerprint density at radius 3 is 3.12 bits per heavy atom. The first-order chi connectivity index (χ1) is 8.22. The Morgan fingerprint density at radius 2 is 2.29 bits per heavy atom. The molecule has 17 heavy (non-hydrogen) atoms. The van der Waals surface area contributed by atoms with E-state index < -0.39 is 0 Å². The van der Waals surface area contributed by atoms with E-state index in [9.17, 15) is 0 Å². The van der Waals surface area contributed by atoms with Crippen molar-refractivity contribution in [1.82, 2.24) is 9.55 Å². The molecule has 88 valence electrons. The predicted octanol–water partition coefficient (Wildman–Crippen LogP) is 2.71. The molecule has 1 unspecified atom stereocenters. The molecule has 0 bridgehead atoms. The predicted molar refractivity (Wildman–Crippen MR) is 69.6 cm³/mol. The summed E-state index contributed by atoms with van der Waals surface area (Å²) in [4.78, 5) is 4.72. The van der Waals surface area contributed by atoms with Gasteiger partial charge in [-0.1, -0.05) is 19.1 Å². The number of nitrogens with two attached hydrogens (primary N) is 1. The molecular weight excluding hydrogens is 210 g/mol. The largest absolute Gasteiger partial charge is 0.399 e. The molecule has 0 amide bonds. The molecule has 1 atom stereocenters. The van der Waals surface area contributed by atoms with Gasteiger partial charge < -0.3 is 10.3 Å².